The molecule has 0 saturated heterocycles. The molecule has 9 rings (SSSR count). The summed E-state index contributed by atoms with van der Waals surface area (Å²) >= 11 is 0. The van der Waals surface area contributed by atoms with Gasteiger partial charge in [-0.25, -0.2) is 15.0 Å². The SMILES string of the molecule is c1ccc(-c2ccc(-c3nc(-c4ccccc4)nc(-c4cc(-c5cccnc5)cc(-c5cc6ccccc6c6ccccc56)c4)n3)cc2)cc1. The third kappa shape index (κ3) is 5.59. The molecule has 4 heteroatoms. The van der Waals surface area contributed by atoms with Gasteiger partial charge in [-0.3, -0.25) is 4.98 Å². The van der Waals surface area contributed by atoms with E-state index in [2.05, 4.69) is 132 Å². The van der Waals surface area contributed by atoms with Gasteiger partial charge in [-0.2, -0.15) is 0 Å². The Hall–Kier alpha value is -6.78. The van der Waals surface area contributed by atoms with E-state index in [9.17, 15) is 0 Å². The highest BCUT2D eigenvalue weighted by molar-refractivity contribution is 6.14. The van der Waals surface area contributed by atoms with E-state index in [4.69, 9.17) is 15.0 Å². The predicted octanol–water partition coefficient (Wildman–Crippen LogP) is 11.6. The van der Waals surface area contributed by atoms with Crippen molar-refractivity contribution in [1.82, 2.24) is 19.9 Å². The van der Waals surface area contributed by atoms with Crippen molar-refractivity contribution in [2.24, 2.45) is 0 Å². The molecule has 0 unspecified atom stereocenters. The van der Waals surface area contributed by atoms with Gasteiger partial charge in [-0.05, 0) is 79.7 Å². The molecule has 50 heavy (non-hydrogen) atoms. The average Bonchev–Trinajstić information content (AvgIpc) is 3.21. The van der Waals surface area contributed by atoms with Crippen molar-refractivity contribution in [2.75, 3.05) is 0 Å². The first-order chi connectivity index (χ1) is 24.8. The quantitative estimate of drug-likeness (QED) is 0.170. The minimum atomic E-state index is 0.609. The number of benzene rings is 7. The van der Waals surface area contributed by atoms with Gasteiger partial charge in [0.05, 0.1) is 0 Å². The maximum atomic E-state index is 5.15. The van der Waals surface area contributed by atoms with Crippen molar-refractivity contribution in [3.63, 3.8) is 0 Å². The summed E-state index contributed by atoms with van der Waals surface area (Å²) in [6.07, 6.45) is 3.71. The monoisotopic (exact) mass is 638 g/mol. The second-order valence-corrected chi connectivity index (χ2v) is 12.3. The maximum absolute atomic E-state index is 5.15. The van der Waals surface area contributed by atoms with Crippen LogP contribution in [-0.2, 0) is 0 Å². The Balaban J connectivity index is 1.26. The first-order valence-corrected chi connectivity index (χ1v) is 16.7. The lowest BCUT2D eigenvalue weighted by Crippen LogP contribution is -2.00. The topological polar surface area (TPSA) is 51.6 Å². The number of pyridine rings is 1. The molecule has 0 radical (unpaired) electrons. The van der Waals surface area contributed by atoms with Crippen LogP contribution in [0.2, 0.25) is 0 Å². The van der Waals surface area contributed by atoms with Gasteiger partial charge >= 0.3 is 0 Å². The Morgan fingerprint density at radius 3 is 1.50 bits per heavy atom. The predicted molar refractivity (Wildman–Crippen MR) is 205 cm³/mol. The Morgan fingerprint density at radius 1 is 0.300 bits per heavy atom. The third-order valence-electron chi connectivity index (χ3n) is 9.18. The summed E-state index contributed by atoms with van der Waals surface area (Å²) < 4.78 is 0. The van der Waals surface area contributed by atoms with Gasteiger partial charge in [0, 0.05) is 34.6 Å². The Bertz CT molecular complexity index is 2620. The van der Waals surface area contributed by atoms with Gasteiger partial charge in [0.1, 0.15) is 0 Å². The van der Waals surface area contributed by atoms with Gasteiger partial charge in [0.25, 0.3) is 0 Å². The van der Waals surface area contributed by atoms with Crippen LogP contribution in [0.15, 0.2) is 182 Å². The number of nitrogens with zero attached hydrogens (tertiary/aromatic N) is 4. The highest BCUT2D eigenvalue weighted by Crippen LogP contribution is 2.39. The van der Waals surface area contributed by atoms with E-state index in [1.165, 1.54) is 27.1 Å². The molecule has 2 aromatic heterocycles. The van der Waals surface area contributed by atoms with Gasteiger partial charge in [-0.15, -0.1) is 0 Å². The van der Waals surface area contributed by atoms with Gasteiger partial charge in [0.15, 0.2) is 17.5 Å². The molecule has 7 aromatic carbocycles. The van der Waals surface area contributed by atoms with E-state index < -0.39 is 0 Å². The number of hydrogen-bond acceptors (Lipinski definition) is 4. The standard InChI is InChI=1S/C46H30N4/c1-3-12-31(13-4-1)32-21-23-34(24-22-32)45-48-44(33-14-5-2-6-15-33)49-46(50-45)39-27-37(36-17-11-25-47-30-36)26-38(28-39)43-29-35-16-7-8-18-40(35)41-19-9-10-20-42(41)43/h1-30H. The van der Waals surface area contributed by atoms with Crippen molar-refractivity contribution in [1.29, 1.82) is 0 Å². The van der Waals surface area contributed by atoms with E-state index in [-0.39, 0.29) is 0 Å². The molecule has 0 spiro atoms. The second-order valence-electron chi connectivity index (χ2n) is 12.3. The molecule has 0 atom stereocenters. The number of aromatic nitrogens is 4. The number of hydrogen-bond donors (Lipinski definition) is 0. The van der Waals surface area contributed by atoms with E-state index in [0.29, 0.717) is 17.5 Å². The molecule has 0 bridgehead atoms. The molecule has 0 aliphatic carbocycles. The van der Waals surface area contributed by atoms with Crippen LogP contribution in [0.5, 0.6) is 0 Å². The van der Waals surface area contributed by atoms with Crippen LogP contribution in [0.25, 0.3) is 89.1 Å². The largest absolute Gasteiger partial charge is 0.264 e. The Kier molecular flexibility index (Phi) is 7.45. The van der Waals surface area contributed by atoms with Crippen LogP contribution in [-0.4, -0.2) is 19.9 Å². The minimum absolute atomic E-state index is 0.609. The van der Waals surface area contributed by atoms with Crippen LogP contribution in [0.4, 0.5) is 0 Å². The molecule has 0 aliphatic rings. The molecular weight excluding hydrogens is 609 g/mol. The number of fused-ring (bicyclic) bond motifs is 3. The summed E-state index contributed by atoms with van der Waals surface area (Å²) in [5.41, 5.74) is 9.37. The van der Waals surface area contributed by atoms with E-state index in [1.54, 1.807) is 6.20 Å². The van der Waals surface area contributed by atoms with Crippen LogP contribution >= 0.6 is 0 Å². The van der Waals surface area contributed by atoms with E-state index in [1.807, 2.05) is 48.7 Å². The van der Waals surface area contributed by atoms with Crippen molar-refractivity contribution in [2.45, 2.75) is 0 Å². The molecule has 0 amide bonds. The Morgan fingerprint density at radius 2 is 0.800 bits per heavy atom. The normalized spacial score (nSPS) is 11.2. The van der Waals surface area contributed by atoms with Crippen LogP contribution < -0.4 is 0 Å². The average molecular weight is 639 g/mol. The smallest absolute Gasteiger partial charge is 0.164 e. The van der Waals surface area contributed by atoms with E-state index >= 15 is 0 Å². The Labute approximate surface area is 290 Å². The lowest BCUT2D eigenvalue weighted by atomic mass is 9.90. The van der Waals surface area contributed by atoms with Crippen molar-refractivity contribution >= 4 is 21.5 Å². The van der Waals surface area contributed by atoms with Crippen molar-refractivity contribution in [3.8, 4) is 67.5 Å². The zero-order chi connectivity index (χ0) is 33.3. The first kappa shape index (κ1) is 29.4. The summed E-state index contributed by atoms with van der Waals surface area (Å²) in [6.45, 7) is 0. The molecule has 0 aliphatic heterocycles. The van der Waals surface area contributed by atoms with Gasteiger partial charge in [-0.1, -0.05) is 140 Å². The van der Waals surface area contributed by atoms with Crippen molar-refractivity contribution < 1.29 is 0 Å². The minimum Gasteiger partial charge on any atom is -0.264 e. The van der Waals surface area contributed by atoms with Crippen LogP contribution in [0.3, 0.4) is 0 Å². The molecular formula is C46H30N4. The fourth-order valence-corrected chi connectivity index (χ4v) is 6.70. The summed E-state index contributed by atoms with van der Waals surface area (Å²) in [4.78, 5) is 19.7. The molecule has 234 valence electrons. The molecule has 9 aromatic rings. The molecule has 4 nitrogen and oxygen atoms in total. The van der Waals surface area contributed by atoms with Gasteiger partial charge in [0.2, 0.25) is 0 Å². The molecule has 0 fully saturated rings. The second kappa shape index (κ2) is 12.7. The zero-order valence-corrected chi connectivity index (χ0v) is 27.1. The summed E-state index contributed by atoms with van der Waals surface area (Å²) in [6, 6.07) is 59.2. The molecule has 0 N–H and O–H groups in total. The lowest BCUT2D eigenvalue weighted by Gasteiger charge is -2.15. The fraction of sp³-hybridized carbons (Fsp3) is 0. The summed E-state index contributed by atoms with van der Waals surface area (Å²) in [5.74, 6) is 1.86. The molecule has 0 saturated carbocycles. The summed E-state index contributed by atoms with van der Waals surface area (Å²) in [7, 11) is 0. The van der Waals surface area contributed by atoms with Crippen LogP contribution in [0.1, 0.15) is 0 Å². The highest BCUT2D eigenvalue weighted by Gasteiger charge is 2.16. The highest BCUT2D eigenvalue weighted by atomic mass is 15.0. The van der Waals surface area contributed by atoms with E-state index in [0.717, 1.165) is 44.5 Å². The summed E-state index contributed by atoms with van der Waals surface area (Å²) in [5, 5.41) is 4.85. The molecule has 2 heterocycles. The first-order valence-electron chi connectivity index (χ1n) is 16.7. The van der Waals surface area contributed by atoms with Crippen molar-refractivity contribution in [3.05, 3.63) is 182 Å². The lowest BCUT2D eigenvalue weighted by molar-refractivity contribution is 1.07. The zero-order valence-electron chi connectivity index (χ0n) is 27.1. The fourth-order valence-electron chi connectivity index (χ4n) is 6.70. The van der Waals surface area contributed by atoms with Gasteiger partial charge < -0.3 is 0 Å². The third-order valence-corrected chi connectivity index (χ3v) is 9.18. The van der Waals surface area contributed by atoms with Crippen LogP contribution in [0, 0.1) is 0 Å². The number of rotatable bonds is 6. The maximum Gasteiger partial charge on any atom is 0.164 e.